The molecule has 3 rings (SSSR count). The molecule has 90 valence electrons. The van der Waals surface area contributed by atoms with E-state index in [0.717, 1.165) is 0 Å². The van der Waals surface area contributed by atoms with Crippen molar-refractivity contribution in [1.82, 2.24) is 19.5 Å². The molecule has 0 atom stereocenters. The predicted octanol–water partition coefficient (Wildman–Crippen LogP) is -0.942. The van der Waals surface area contributed by atoms with Crippen molar-refractivity contribution >= 4 is 17.1 Å². The summed E-state index contributed by atoms with van der Waals surface area (Å²) >= 11 is 0. The third-order valence-corrected chi connectivity index (χ3v) is 2.61. The fraction of sp³-hybridized carbons (Fsp3) is 0.444. The number of aromatic nitrogens is 4. The average Bonchev–Trinajstić information content (AvgIpc) is 2.94. The lowest BCUT2D eigenvalue weighted by Gasteiger charge is -2.26. The molecule has 3 N–H and O–H groups in total. The van der Waals surface area contributed by atoms with Gasteiger partial charge in [0, 0.05) is 0 Å². The van der Waals surface area contributed by atoms with E-state index in [1.807, 2.05) is 0 Å². The minimum absolute atomic E-state index is 0.130. The maximum Gasteiger partial charge on any atom is 0.282 e. The summed E-state index contributed by atoms with van der Waals surface area (Å²) in [6, 6.07) is 0. The van der Waals surface area contributed by atoms with Gasteiger partial charge in [0.05, 0.1) is 19.4 Å². The lowest BCUT2D eigenvalue weighted by atomic mass is 10.4. The first kappa shape index (κ1) is 10.4. The number of ether oxygens (including phenoxy) is 2. The molecule has 0 spiro atoms. The second-order valence-corrected chi connectivity index (χ2v) is 3.62. The van der Waals surface area contributed by atoms with Crippen molar-refractivity contribution in [2.75, 3.05) is 25.6 Å². The Balaban J connectivity index is 2.19. The molecule has 17 heavy (non-hydrogen) atoms. The van der Waals surface area contributed by atoms with Crippen molar-refractivity contribution in [3.63, 3.8) is 0 Å². The Kier molecular flexibility index (Phi) is 2.21. The number of aliphatic hydroxyl groups is 1. The number of imidazole rings is 1. The lowest BCUT2D eigenvalue weighted by Crippen LogP contribution is -2.38. The summed E-state index contributed by atoms with van der Waals surface area (Å²) in [5.74, 6) is -1.12. The summed E-state index contributed by atoms with van der Waals surface area (Å²) in [5, 5.41) is 9.44. The number of hydrogen-bond acceptors (Lipinski definition) is 7. The molecule has 1 aliphatic rings. The van der Waals surface area contributed by atoms with Gasteiger partial charge >= 0.3 is 0 Å². The first-order valence-electron chi connectivity index (χ1n) is 5.10. The molecule has 2 aromatic rings. The number of nitrogen functional groups attached to an aromatic ring is 1. The summed E-state index contributed by atoms with van der Waals surface area (Å²) in [6.07, 6.45) is 2.99. The van der Waals surface area contributed by atoms with E-state index in [0.29, 0.717) is 24.4 Å². The molecule has 8 nitrogen and oxygen atoms in total. The van der Waals surface area contributed by atoms with E-state index in [2.05, 4.69) is 15.0 Å². The van der Waals surface area contributed by atoms with Crippen LogP contribution in [-0.2, 0) is 15.4 Å². The fourth-order valence-electron chi connectivity index (χ4n) is 1.82. The molecule has 1 fully saturated rings. The van der Waals surface area contributed by atoms with Gasteiger partial charge in [0.2, 0.25) is 5.95 Å². The van der Waals surface area contributed by atoms with Crippen molar-refractivity contribution in [2.45, 2.75) is 5.91 Å². The Labute approximate surface area is 96.0 Å². The van der Waals surface area contributed by atoms with Gasteiger partial charge < -0.3 is 20.3 Å². The molecule has 0 amide bonds. The summed E-state index contributed by atoms with van der Waals surface area (Å²) in [4.78, 5) is 12.0. The fourth-order valence-corrected chi connectivity index (χ4v) is 1.82. The normalized spacial score (nSPS) is 18.9. The Morgan fingerprint density at radius 1 is 1.41 bits per heavy atom. The van der Waals surface area contributed by atoms with E-state index in [-0.39, 0.29) is 12.6 Å². The highest BCUT2D eigenvalue weighted by atomic mass is 16.8. The van der Waals surface area contributed by atoms with E-state index in [1.54, 1.807) is 0 Å². The summed E-state index contributed by atoms with van der Waals surface area (Å²) in [6.45, 7) is 0.476. The highest BCUT2D eigenvalue weighted by Gasteiger charge is 2.39. The van der Waals surface area contributed by atoms with E-state index in [9.17, 15) is 5.11 Å². The standard InChI is InChI=1S/C9H11N5O3/c10-8-11-3-6-7(13-8)14(5-12-6)9(4-15)16-1-2-17-9/h3,5,15H,1-2,4H2,(H2,10,11,13). The van der Waals surface area contributed by atoms with Gasteiger partial charge in [0.25, 0.3) is 5.91 Å². The maximum absolute atomic E-state index is 9.44. The second-order valence-electron chi connectivity index (χ2n) is 3.62. The lowest BCUT2D eigenvalue weighted by molar-refractivity contribution is -0.242. The van der Waals surface area contributed by atoms with Crippen LogP contribution in [0.5, 0.6) is 0 Å². The van der Waals surface area contributed by atoms with E-state index in [1.165, 1.54) is 17.1 Å². The molecule has 0 radical (unpaired) electrons. The molecule has 3 heterocycles. The molecule has 0 aliphatic carbocycles. The maximum atomic E-state index is 9.44. The number of fused-ring (bicyclic) bond motifs is 1. The van der Waals surface area contributed by atoms with Gasteiger partial charge in [-0.3, -0.25) is 4.57 Å². The van der Waals surface area contributed by atoms with Gasteiger partial charge in [0.15, 0.2) is 5.65 Å². The van der Waals surface area contributed by atoms with Crippen LogP contribution in [0.15, 0.2) is 12.5 Å². The van der Waals surface area contributed by atoms with Gasteiger partial charge in [-0.2, -0.15) is 4.98 Å². The topological polar surface area (TPSA) is 108 Å². The van der Waals surface area contributed by atoms with Crippen LogP contribution in [0.3, 0.4) is 0 Å². The summed E-state index contributed by atoms with van der Waals surface area (Å²) in [5.41, 5.74) is 6.56. The van der Waals surface area contributed by atoms with Gasteiger partial charge in [-0.1, -0.05) is 0 Å². The number of nitrogens with zero attached hydrogens (tertiary/aromatic N) is 4. The molecule has 0 bridgehead atoms. The zero-order chi connectivity index (χ0) is 11.9. The molecule has 0 aromatic carbocycles. The first-order chi connectivity index (χ1) is 8.25. The molecule has 0 saturated carbocycles. The minimum Gasteiger partial charge on any atom is -0.389 e. The first-order valence-corrected chi connectivity index (χ1v) is 5.10. The largest absolute Gasteiger partial charge is 0.389 e. The van der Waals surface area contributed by atoms with Gasteiger partial charge in [-0.15, -0.1) is 0 Å². The third kappa shape index (κ3) is 1.46. The van der Waals surface area contributed by atoms with E-state index >= 15 is 0 Å². The Morgan fingerprint density at radius 3 is 2.88 bits per heavy atom. The highest BCUT2D eigenvalue weighted by Crippen LogP contribution is 2.27. The number of aliphatic hydroxyl groups excluding tert-OH is 1. The zero-order valence-electron chi connectivity index (χ0n) is 8.91. The van der Waals surface area contributed by atoms with Gasteiger partial charge in [-0.05, 0) is 0 Å². The van der Waals surface area contributed by atoms with Crippen LogP contribution in [0.1, 0.15) is 0 Å². The average molecular weight is 237 g/mol. The third-order valence-electron chi connectivity index (χ3n) is 2.61. The van der Waals surface area contributed by atoms with Crippen LogP contribution in [0, 0.1) is 0 Å². The van der Waals surface area contributed by atoms with Gasteiger partial charge in [-0.25, -0.2) is 9.97 Å². The van der Waals surface area contributed by atoms with E-state index in [4.69, 9.17) is 15.2 Å². The quantitative estimate of drug-likeness (QED) is 0.693. The number of hydrogen-bond donors (Lipinski definition) is 2. The van der Waals surface area contributed by atoms with Crippen LogP contribution >= 0.6 is 0 Å². The van der Waals surface area contributed by atoms with E-state index < -0.39 is 5.91 Å². The van der Waals surface area contributed by atoms with Crippen molar-refractivity contribution in [3.05, 3.63) is 12.5 Å². The number of anilines is 1. The summed E-state index contributed by atoms with van der Waals surface area (Å²) in [7, 11) is 0. The Morgan fingerprint density at radius 2 is 2.18 bits per heavy atom. The molecule has 1 aliphatic heterocycles. The highest BCUT2D eigenvalue weighted by molar-refractivity contribution is 5.70. The zero-order valence-corrected chi connectivity index (χ0v) is 8.91. The van der Waals surface area contributed by atoms with Crippen LogP contribution < -0.4 is 5.73 Å². The molecule has 1 saturated heterocycles. The Hall–Kier alpha value is -1.77. The molecule has 0 unspecified atom stereocenters. The number of rotatable bonds is 2. The molecular weight excluding hydrogens is 226 g/mol. The van der Waals surface area contributed by atoms with Crippen molar-refractivity contribution in [1.29, 1.82) is 0 Å². The van der Waals surface area contributed by atoms with Crippen molar-refractivity contribution in [2.24, 2.45) is 0 Å². The molecular formula is C9H11N5O3. The van der Waals surface area contributed by atoms with Crippen molar-refractivity contribution < 1.29 is 14.6 Å². The monoisotopic (exact) mass is 237 g/mol. The number of nitrogens with two attached hydrogens (primary N) is 1. The van der Waals surface area contributed by atoms with Crippen LogP contribution in [0.25, 0.3) is 11.2 Å². The minimum atomic E-state index is -1.25. The van der Waals surface area contributed by atoms with Crippen LogP contribution in [0.4, 0.5) is 5.95 Å². The SMILES string of the molecule is Nc1ncc2ncn(C3(CO)OCCO3)c2n1. The van der Waals surface area contributed by atoms with Crippen LogP contribution in [-0.4, -0.2) is 44.4 Å². The second kappa shape index (κ2) is 3.62. The molecule has 2 aromatic heterocycles. The smallest absolute Gasteiger partial charge is 0.282 e. The Bertz CT molecular complexity index is 549. The van der Waals surface area contributed by atoms with Crippen LogP contribution in [0.2, 0.25) is 0 Å². The molecule has 8 heteroatoms. The van der Waals surface area contributed by atoms with Crippen molar-refractivity contribution in [3.8, 4) is 0 Å². The van der Waals surface area contributed by atoms with Gasteiger partial charge in [0.1, 0.15) is 18.5 Å². The predicted molar refractivity (Wildman–Crippen MR) is 56.7 cm³/mol. The summed E-state index contributed by atoms with van der Waals surface area (Å²) < 4.78 is 12.4.